The molecule has 0 spiro atoms. The zero-order valence-electron chi connectivity index (χ0n) is 64.1. The predicted octanol–water partition coefficient (Wildman–Crippen LogP) is 23.5. The lowest BCUT2D eigenvalue weighted by Crippen LogP contribution is -2.30. The fourth-order valence-corrected chi connectivity index (χ4v) is 13.7. The Morgan fingerprint density at radius 2 is 0.520 bits per heavy atom. The molecule has 0 aliphatic rings. The van der Waals surface area contributed by atoms with E-state index in [1.165, 1.54) is 225 Å². The number of unbranched alkanes of at least 4 members (excludes halogenated alkanes) is 47. The molecule has 0 aliphatic heterocycles. The van der Waals surface area contributed by atoms with Gasteiger partial charge in [0.25, 0.3) is 0 Å². The largest absolute Gasteiger partial charge is 0.472 e. The molecule has 98 heavy (non-hydrogen) atoms. The van der Waals surface area contributed by atoms with Crippen LogP contribution in [0.1, 0.15) is 414 Å². The minimum absolute atomic E-state index is 0.106. The number of carbonyl (C=O) groups excluding carboxylic acids is 4. The van der Waals surface area contributed by atoms with Crippen molar-refractivity contribution >= 4 is 39.5 Å². The second kappa shape index (κ2) is 70.7. The Balaban J connectivity index is 5.19. The first-order valence-corrected chi connectivity index (χ1v) is 44.0. The first-order chi connectivity index (χ1) is 47.4. The third kappa shape index (κ3) is 71.1. The number of carbonyl (C=O) groups is 4. The van der Waals surface area contributed by atoms with Crippen LogP contribution >= 0.6 is 15.6 Å². The van der Waals surface area contributed by atoms with Crippen LogP contribution in [0.5, 0.6) is 0 Å². The molecule has 0 bridgehead atoms. The Morgan fingerprint density at radius 3 is 0.776 bits per heavy atom. The molecule has 0 aliphatic carbocycles. The Morgan fingerprint density at radius 1 is 0.296 bits per heavy atom. The fraction of sp³-hybridized carbons (Fsp3) is 0.949. The van der Waals surface area contributed by atoms with Crippen molar-refractivity contribution in [2.45, 2.75) is 432 Å². The van der Waals surface area contributed by atoms with Gasteiger partial charge >= 0.3 is 39.5 Å². The second-order valence-corrected chi connectivity index (χ2v) is 32.1. The number of ether oxygens (including phenoxy) is 4. The van der Waals surface area contributed by atoms with Gasteiger partial charge in [-0.3, -0.25) is 37.3 Å². The van der Waals surface area contributed by atoms with Crippen molar-refractivity contribution in [3.63, 3.8) is 0 Å². The molecule has 0 radical (unpaired) electrons. The molecule has 0 aromatic rings. The average Bonchev–Trinajstić information content (AvgIpc) is 0.938. The molecule has 582 valence electrons. The van der Waals surface area contributed by atoms with E-state index < -0.39 is 97.5 Å². The van der Waals surface area contributed by atoms with Crippen LogP contribution in [0.15, 0.2) is 0 Å². The van der Waals surface area contributed by atoms with E-state index in [9.17, 15) is 43.2 Å². The molecule has 6 atom stereocenters. The van der Waals surface area contributed by atoms with Gasteiger partial charge in [-0.05, 0) is 37.5 Å². The quantitative estimate of drug-likeness (QED) is 0.0222. The summed E-state index contributed by atoms with van der Waals surface area (Å²) in [4.78, 5) is 72.9. The summed E-state index contributed by atoms with van der Waals surface area (Å²) in [6, 6.07) is 0. The summed E-state index contributed by atoms with van der Waals surface area (Å²) in [5, 5.41) is 10.6. The summed E-state index contributed by atoms with van der Waals surface area (Å²) in [7, 11) is -9.91. The van der Waals surface area contributed by atoms with Crippen molar-refractivity contribution in [3.05, 3.63) is 0 Å². The Kier molecular flexibility index (Phi) is 69.3. The monoisotopic (exact) mass is 1440 g/mol. The molecule has 3 unspecified atom stereocenters. The van der Waals surface area contributed by atoms with Crippen molar-refractivity contribution in [2.24, 2.45) is 11.8 Å². The van der Waals surface area contributed by atoms with Crippen LogP contribution < -0.4 is 0 Å². The van der Waals surface area contributed by atoms with Crippen molar-refractivity contribution in [2.75, 3.05) is 39.6 Å². The molecular formula is C79H154O17P2. The van der Waals surface area contributed by atoms with Gasteiger partial charge in [-0.1, -0.05) is 363 Å². The van der Waals surface area contributed by atoms with Crippen LogP contribution in [-0.2, 0) is 65.4 Å². The molecule has 0 rings (SSSR count). The van der Waals surface area contributed by atoms with Crippen molar-refractivity contribution in [1.29, 1.82) is 0 Å². The molecule has 0 amide bonds. The molecular weight excluding hydrogens is 1280 g/mol. The number of esters is 4. The van der Waals surface area contributed by atoms with Crippen LogP contribution in [0.2, 0.25) is 0 Å². The third-order valence-electron chi connectivity index (χ3n) is 18.8. The van der Waals surface area contributed by atoms with Gasteiger partial charge in [-0.25, -0.2) is 9.13 Å². The van der Waals surface area contributed by atoms with E-state index in [1.807, 2.05) is 0 Å². The number of phosphoric acid groups is 2. The number of hydrogen-bond acceptors (Lipinski definition) is 15. The van der Waals surface area contributed by atoms with Crippen molar-refractivity contribution < 1.29 is 80.2 Å². The summed E-state index contributed by atoms with van der Waals surface area (Å²) in [5.41, 5.74) is 0. The number of hydrogen-bond donors (Lipinski definition) is 3. The predicted molar refractivity (Wildman–Crippen MR) is 400 cm³/mol. The standard InChI is InChI=1S/C79H154O17P2/c1-7-10-12-14-16-18-20-21-26-30-34-37-43-49-55-61-76(81)89-67-74(95-79(84)64-58-52-45-39-35-31-28-25-23-22-24-27-29-33-36-42-48-54-60-72(6)9-3)69-93-97(85,86)91-65-73(80)66-92-98(87,88)94-70-75(68-90-77(82)62-56-50-46-40-41-47-53-59-71(4)5)96-78(83)63-57-51-44-38-32-19-17-15-13-11-8-2/h71-75,80H,7-70H2,1-6H3,(H,85,86)(H,87,88)/t72?,73-,74-,75-/m1/s1. The normalized spacial score (nSPS) is 14.2. The van der Waals surface area contributed by atoms with Gasteiger partial charge in [0.05, 0.1) is 26.4 Å². The molecule has 0 heterocycles. The highest BCUT2D eigenvalue weighted by molar-refractivity contribution is 7.47. The van der Waals surface area contributed by atoms with Crippen LogP contribution in [0.25, 0.3) is 0 Å². The first-order valence-electron chi connectivity index (χ1n) is 41.0. The summed E-state index contributed by atoms with van der Waals surface area (Å²) < 4.78 is 68.6. The Hall–Kier alpha value is -1.94. The summed E-state index contributed by atoms with van der Waals surface area (Å²) in [6.45, 7) is 9.62. The van der Waals surface area contributed by atoms with Gasteiger partial charge in [0.15, 0.2) is 12.2 Å². The maximum atomic E-state index is 13.1. The molecule has 0 saturated carbocycles. The molecule has 0 aromatic heterocycles. The molecule has 19 heteroatoms. The minimum Gasteiger partial charge on any atom is -0.462 e. The summed E-state index contributed by atoms with van der Waals surface area (Å²) in [6.07, 6.45) is 59.7. The van der Waals surface area contributed by atoms with Gasteiger partial charge in [0.1, 0.15) is 19.3 Å². The molecule has 17 nitrogen and oxygen atoms in total. The van der Waals surface area contributed by atoms with E-state index in [2.05, 4.69) is 41.5 Å². The highest BCUT2D eigenvalue weighted by Crippen LogP contribution is 2.45. The van der Waals surface area contributed by atoms with Crippen LogP contribution in [-0.4, -0.2) is 96.7 Å². The van der Waals surface area contributed by atoms with Crippen LogP contribution in [0, 0.1) is 11.8 Å². The summed E-state index contributed by atoms with van der Waals surface area (Å²) in [5.74, 6) is -0.536. The Labute approximate surface area is 600 Å². The molecule has 0 fully saturated rings. The minimum atomic E-state index is -4.96. The van der Waals surface area contributed by atoms with Gasteiger partial charge in [0, 0.05) is 25.7 Å². The zero-order chi connectivity index (χ0) is 72.1. The van der Waals surface area contributed by atoms with Crippen LogP contribution in [0.4, 0.5) is 0 Å². The van der Waals surface area contributed by atoms with Gasteiger partial charge in [-0.2, -0.15) is 0 Å². The zero-order valence-corrected chi connectivity index (χ0v) is 65.9. The molecule has 3 N–H and O–H groups in total. The first kappa shape index (κ1) is 96.1. The summed E-state index contributed by atoms with van der Waals surface area (Å²) >= 11 is 0. The van der Waals surface area contributed by atoms with Gasteiger partial charge < -0.3 is 33.8 Å². The van der Waals surface area contributed by atoms with E-state index in [0.717, 1.165) is 102 Å². The maximum absolute atomic E-state index is 13.1. The highest BCUT2D eigenvalue weighted by atomic mass is 31.2. The number of aliphatic hydroxyl groups is 1. The van der Waals surface area contributed by atoms with E-state index >= 15 is 0 Å². The average molecular weight is 1440 g/mol. The van der Waals surface area contributed by atoms with Gasteiger partial charge in [-0.15, -0.1) is 0 Å². The number of phosphoric ester groups is 2. The lowest BCUT2D eigenvalue weighted by atomic mass is 9.99. The van der Waals surface area contributed by atoms with E-state index in [1.54, 1.807) is 0 Å². The topological polar surface area (TPSA) is 237 Å². The molecule has 0 aromatic carbocycles. The van der Waals surface area contributed by atoms with Crippen molar-refractivity contribution in [3.8, 4) is 0 Å². The Bertz CT molecular complexity index is 1890. The van der Waals surface area contributed by atoms with Crippen molar-refractivity contribution in [1.82, 2.24) is 0 Å². The van der Waals surface area contributed by atoms with E-state index in [4.69, 9.17) is 37.0 Å². The maximum Gasteiger partial charge on any atom is 0.472 e. The SMILES string of the molecule is CCCCCCCCCCCCCCCCCC(=O)OC[C@H](COP(=O)(O)OC[C@@H](O)COP(=O)(O)OC[C@@H](COC(=O)CCCCCCCCCC(C)C)OC(=O)CCCCCCCCCCCCC)OC(=O)CCCCCCCCCCCCCCCCCCCCC(C)CC. The highest BCUT2D eigenvalue weighted by Gasteiger charge is 2.30. The lowest BCUT2D eigenvalue weighted by molar-refractivity contribution is -0.161. The lowest BCUT2D eigenvalue weighted by Gasteiger charge is -2.21. The number of rotatable bonds is 78. The van der Waals surface area contributed by atoms with E-state index in [0.29, 0.717) is 31.6 Å². The molecule has 0 saturated heterocycles. The van der Waals surface area contributed by atoms with Crippen LogP contribution in [0.3, 0.4) is 0 Å². The second-order valence-electron chi connectivity index (χ2n) is 29.2. The third-order valence-corrected chi connectivity index (χ3v) is 20.7. The van der Waals surface area contributed by atoms with E-state index in [-0.39, 0.29) is 25.7 Å². The fourth-order valence-electron chi connectivity index (χ4n) is 12.2. The van der Waals surface area contributed by atoms with Gasteiger partial charge in [0.2, 0.25) is 0 Å². The smallest absolute Gasteiger partial charge is 0.462 e. The number of aliphatic hydroxyl groups excluding tert-OH is 1.